The van der Waals surface area contributed by atoms with E-state index >= 15 is 0 Å². The van der Waals surface area contributed by atoms with Crippen LogP contribution in [0.5, 0.6) is 0 Å². The number of rotatable bonds is 3. The maximum atomic E-state index is 11.2. The van der Waals surface area contributed by atoms with Crippen molar-refractivity contribution in [3.63, 3.8) is 0 Å². The summed E-state index contributed by atoms with van der Waals surface area (Å²) in [6.07, 6.45) is 0. The van der Waals surface area contributed by atoms with Crippen LogP contribution in [0.1, 0.15) is 6.92 Å². The predicted octanol–water partition coefficient (Wildman–Crippen LogP) is 0.663. The molecule has 0 bridgehead atoms. The van der Waals surface area contributed by atoms with Crippen LogP contribution in [-0.4, -0.2) is 36.9 Å². The van der Waals surface area contributed by atoms with Gasteiger partial charge in [-0.15, -0.1) is 0 Å². The molecule has 0 aromatic carbocycles. The van der Waals surface area contributed by atoms with E-state index in [-0.39, 0.29) is 5.75 Å². The lowest BCUT2D eigenvalue weighted by Gasteiger charge is -2.36. The lowest BCUT2D eigenvalue weighted by atomic mass is 10.1. The lowest BCUT2D eigenvalue weighted by molar-refractivity contribution is 0.224. The van der Waals surface area contributed by atoms with Gasteiger partial charge in [-0.3, -0.25) is 0 Å². The molecule has 0 unspecified atom stereocenters. The first kappa shape index (κ1) is 9.48. The van der Waals surface area contributed by atoms with E-state index in [4.69, 9.17) is 0 Å². The summed E-state index contributed by atoms with van der Waals surface area (Å²) in [6, 6.07) is 0. The Bertz CT molecular complexity index is 221. The molecule has 0 aromatic rings. The van der Waals surface area contributed by atoms with Crippen molar-refractivity contribution < 1.29 is 8.42 Å². The summed E-state index contributed by atoms with van der Waals surface area (Å²) in [5.41, 5.74) is 0. The maximum Gasteiger partial charge on any atom is 0.213 e. The number of sulfonamides is 1. The van der Waals surface area contributed by atoms with E-state index in [0.717, 1.165) is 5.33 Å². The minimum atomic E-state index is -2.89. The minimum Gasteiger partial charge on any atom is -0.212 e. The third-order valence-corrected chi connectivity index (χ3v) is 4.63. The molecule has 1 aliphatic rings. The number of nitrogens with zero attached hydrogens (tertiary/aromatic N) is 1. The molecule has 0 N–H and O–H groups in total. The summed E-state index contributed by atoms with van der Waals surface area (Å²) in [6.45, 7) is 3.07. The Morgan fingerprint density at radius 2 is 2.09 bits per heavy atom. The molecule has 11 heavy (non-hydrogen) atoms. The van der Waals surface area contributed by atoms with E-state index in [1.807, 2.05) is 0 Å². The second kappa shape index (κ2) is 3.41. The van der Waals surface area contributed by atoms with Crippen molar-refractivity contribution in [2.75, 3.05) is 24.2 Å². The Morgan fingerprint density at radius 1 is 1.55 bits per heavy atom. The third-order valence-electron chi connectivity index (χ3n) is 1.90. The molecule has 0 aromatic heterocycles. The standard InChI is InChI=1S/C6H12BrNO2S/c1-2-11(9,10)8-4-6(3-7)5-8/h6H,2-5H2,1H3. The summed E-state index contributed by atoms with van der Waals surface area (Å²) < 4.78 is 23.8. The number of hydrogen-bond acceptors (Lipinski definition) is 2. The van der Waals surface area contributed by atoms with Gasteiger partial charge in [-0.2, -0.15) is 0 Å². The van der Waals surface area contributed by atoms with E-state index in [9.17, 15) is 8.42 Å². The molecule has 3 nitrogen and oxygen atoms in total. The first-order chi connectivity index (χ1) is 5.10. The van der Waals surface area contributed by atoms with E-state index in [1.54, 1.807) is 11.2 Å². The number of hydrogen-bond donors (Lipinski definition) is 0. The van der Waals surface area contributed by atoms with Crippen molar-refractivity contribution in [1.29, 1.82) is 0 Å². The molecule has 0 spiro atoms. The summed E-state index contributed by atoms with van der Waals surface area (Å²) in [7, 11) is -2.89. The average Bonchev–Trinajstić information content (AvgIpc) is 1.85. The highest BCUT2D eigenvalue weighted by atomic mass is 79.9. The molecule has 1 heterocycles. The Hall–Kier alpha value is 0.390. The Morgan fingerprint density at radius 3 is 2.45 bits per heavy atom. The van der Waals surface area contributed by atoms with Crippen LogP contribution >= 0.6 is 15.9 Å². The molecular weight excluding hydrogens is 230 g/mol. The van der Waals surface area contributed by atoms with Gasteiger partial charge in [0.05, 0.1) is 5.75 Å². The zero-order valence-corrected chi connectivity index (χ0v) is 8.86. The van der Waals surface area contributed by atoms with E-state index in [0.29, 0.717) is 19.0 Å². The van der Waals surface area contributed by atoms with Gasteiger partial charge in [0.25, 0.3) is 0 Å². The quantitative estimate of drug-likeness (QED) is 0.682. The van der Waals surface area contributed by atoms with Crippen molar-refractivity contribution in [2.24, 2.45) is 5.92 Å². The Labute approximate surface area is 75.9 Å². The normalized spacial score (nSPS) is 21.6. The van der Waals surface area contributed by atoms with Gasteiger partial charge in [0.1, 0.15) is 0 Å². The van der Waals surface area contributed by atoms with Gasteiger partial charge in [0.15, 0.2) is 0 Å². The molecular formula is C6H12BrNO2S. The van der Waals surface area contributed by atoms with Crippen molar-refractivity contribution in [3.05, 3.63) is 0 Å². The van der Waals surface area contributed by atoms with Crippen molar-refractivity contribution >= 4 is 26.0 Å². The number of halogens is 1. The highest BCUT2D eigenvalue weighted by Gasteiger charge is 2.33. The van der Waals surface area contributed by atoms with Crippen LogP contribution in [-0.2, 0) is 10.0 Å². The van der Waals surface area contributed by atoms with E-state index < -0.39 is 10.0 Å². The Kier molecular flexibility index (Phi) is 2.94. The van der Waals surface area contributed by atoms with Crippen LogP contribution in [0.3, 0.4) is 0 Å². The molecule has 1 aliphatic heterocycles. The highest BCUT2D eigenvalue weighted by Crippen LogP contribution is 2.20. The second-order valence-electron chi connectivity index (χ2n) is 2.74. The zero-order valence-electron chi connectivity index (χ0n) is 6.46. The average molecular weight is 242 g/mol. The Balaban J connectivity index is 2.44. The van der Waals surface area contributed by atoms with Gasteiger partial charge in [-0.25, -0.2) is 12.7 Å². The number of alkyl halides is 1. The topological polar surface area (TPSA) is 37.4 Å². The fourth-order valence-electron chi connectivity index (χ4n) is 1.03. The zero-order chi connectivity index (χ0) is 8.48. The predicted molar refractivity (Wildman–Crippen MR) is 48.3 cm³/mol. The second-order valence-corrected chi connectivity index (χ2v) is 5.64. The lowest BCUT2D eigenvalue weighted by Crippen LogP contribution is -2.50. The summed E-state index contributed by atoms with van der Waals surface area (Å²) in [4.78, 5) is 0. The first-order valence-electron chi connectivity index (χ1n) is 3.64. The van der Waals surface area contributed by atoms with Crippen LogP contribution in [0.2, 0.25) is 0 Å². The molecule has 0 radical (unpaired) electrons. The van der Waals surface area contributed by atoms with Gasteiger partial charge in [0.2, 0.25) is 10.0 Å². The highest BCUT2D eigenvalue weighted by molar-refractivity contribution is 9.09. The molecule has 0 atom stereocenters. The van der Waals surface area contributed by atoms with Gasteiger partial charge in [0, 0.05) is 18.4 Å². The minimum absolute atomic E-state index is 0.224. The summed E-state index contributed by atoms with van der Waals surface area (Å²) in [5, 5.41) is 0.905. The maximum absolute atomic E-state index is 11.2. The van der Waals surface area contributed by atoms with E-state index in [2.05, 4.69) is 15.9 Å². The molecule has 0 amide bonds. The van der Waals surface area contributed by atoms with Crippen LogP contribution in [0, 0.1) is 5.92 Å². The SMILES string of the molecule is CCS(=O)(=O)N1CC(CBr)C1. The van der Waals surface area contributed by atoms with Gasteiger partial charge in [-0.05, 0) is 12.8 Å². The van der Waals surface area contributed by atoms with Crippen LogP contribution < -0.4 is 0 Å². The largest absolute Gasteiger partial charge is 0.213 e. The van der Waals surface area contributed by atoms with Gasteiger partial charge < -0.3 is 0 Å². The molecule has 1 saturated heterocycles. The van der Waals surface area contributed by atoms with Crippen LogP contribution in [0.25, 0.3) is 0 Å². The van der Waals surface area contributed by atoms with Crippen LogP contribution in [0.15, 0.2) is 0 Å². The molecule has 1 fully saturated rings. The molecule has 0 aliphatic carbocycles. The third kappa shape index (κ3) is 1.95. The summed E-state index contributed by atoms with van der Waals surface area (Å²) >= 11 is 3.32. The smallest absolute Gasteiger partial charge is 0.212 e. The molecule has 1 rings (SSSR count). The molecule has 0 saturated carbocycles. The van der Waals surface area contributed by atoms with Crippen LogP contribution in [0.4, 0.5) is 0 Å². The fourth-order valence-corrected chi connectivity index (χ4v) is 2.68. The fraction of sp³-hybridized carbons (Fsp3) is 1.00. The van der Waals surface area contributed by atoms with Crippen molar-refractivity contribution in [2.45, 2.75) is 6.92 Å². The first-order valence-corrected chi connectivity index (χ1v) is 6.37. The molecule has 66 valence electrons. The van der Waals surface area contributed by atoms with Crippen molar-refractivity contribution in [3.8, 4) is 0 Å². The monoisotopic (exact) mass is 241 g/mol. The molecule has 5 heteroatoms. The van der Waals surface area contributed by atoms with Gasteiger partial charge in [-0.1, -0.05) is 15.9 Å². The van der Waals surface area contributed by atoms with Gasteiger partial charge >= 0.3 is 0 Å². The van der Waals surface area contributed by atoms with Crippen molar-refractivity contribution in [1.82, 2.24) is 4.31 Å². The summed E-state index contributed by atoms with van der Waals surface area (Å²) in [5.74, 6) is 0.749. The van der Waals surface area contributed by atoms with E-state index in [1.165, 1.54) is 0 Å².